The number of halogens is 2. The van der Waals surface area contributed by atoms with E-state index in [1.165, 1.54) is 5.01 Å². The van der Waals surface area contributed by atoms with E-state index in [0.717, 1.165) is 0 Å². The molecular formula is C10H13Cl2N3O2. The van der Waals surface area contributed by atoms with E-state index < -0.39 is 0 Å². The Bertz CT molecular complexity index is 382. The molecule has 2 N–H and O–H groups in total. The lowest BCUT2D eigenvalue weighted by Crippen LogP contribution is -2.24. The lowest BCUT2D eigenvalue weighted by Gasteiger charge is -2.14. The average molecular weight is 278 g/mol. The molecule has 0 aliphatic heterocycles. The van der Waals surface area contributed by atoms with Crippen LogP contribution >= 0.6 is 23.2 Å². The maximum absolute atomic E-state index is 8.79. The molecule has 0 saturated carbocycles. The Morgan fingerprint density at radius 1 is 1.12 bits per heavy atom. The fourth-order valence-electron chi connectivity index (χ4n) is 1.11. The zero-order chi connectivity index (χ0) is 12.7. The van der Waals surface area contributed by atoms with E-state index in [9.17, 15) is 0 Å². The standard InChI is InChI=1S/C10H13Cl2N3O2/c11-8-1-2-9(12)10(7-8)13-14-15(3-5-16)4-6-17/h1-2,7,16-17H,3-6H2. The van der Waals surface area contributed by atoms with Crippen LogP contribution < -0.4 is 0 Å². The first-order valence-electron chi connectivity index (χ1n) is 5.00. The van der Waals surface area contributed by atoms with Crippen LogP contribution in [0.15, 0.2) is 28.5 Å². The van der Waals surface area contributed by atoms with Crippen molar-refractivity contribution in [1.29, 1.82) is 0 Å². The second-order valence-corrected chi connectivity index (χ2v) is 4.03. The molecule has 1 rings (SSSR count). The molecule has 0 aliphatic carbocycles. The van der Waals surface area contributed by atoms with Gasteiger partial charge in [0.1, 0.15) is 5.69 Å². The highest BCUT2D eigenvalue weighted by Crippen LogP contribution is 2.28. The topological polar surface area (TPSA) is 68.4 Å². The molecule has 0 heterocycles. The van der Waals surface area contributed by atoms with Crippen LogP contribution in [0.2, 0.25) is 10.0 Å². The van der Waals surface area contributed by atoms with Crippen LogP contribution in [0.25, 0.3) is 0 Å². The van der Waals surface area contributed by atoms with E-state index in [1.54, 1.807) is 18.2 Å². The fraction of sp³-hybridized carbons (Fsp3) is 0.400. The maximum atomic E-state index is 8.79. The van der Waals surface area contributed by atoms with Crippen LogP contribution in [0, 0.1) is 0 Å². The van der Waals surface area contributed by atoms with Crippen molar-refractivity contribution in [3.8, 4) is 0 Å². The molecule has 0 aromatic heterocycles. The molecule has 0 fully saturated rings. The van der Waals surface area contributed by atoms with Gasteiger partial charge in [0.05, 0.1) is 31.3 Å². The molecule has 0 saturated heterocycles. The summed E-state index contributed by atoms with van der Waals surface area (Å²) in [5.74, 6) is 0. The largest absolute Gasteiger partial charge is 0.394 e. The van der Waals surface area contributed by atoms with E-state index in [1.807, 2.05) is 0 Å². The van der Waals surface area contributed by atoms with Crippen molar-refractivity contribution in [1.82, 2.24) is 5.01 Å². The normalized spacial score (nSPS) is 11.1. The predicted molar refractivity (Wildman–Crippen MR) is 66.7 cm³/mol. The van der Waals surface area contributed by atoms with Gasteiger partial charge in [-0.05, 0) is 18.2 Å². The van der Waals surface area contributed by atoms with Crippen LogP contribution in [0.3, 0.4) is 0 Å². The molecule has 0 spiro atoms. The van der Waals surface area contributed by atoms with Gasteiger partial charge in [-0.15, -0.1) is 5.11 Å². The molecule has 0 amide bonds. The zero-order valence-electron chi connectivity index (χ0n) is 9.05. The molecule has 1 aromatic rings. The van der Waals surface area contributed by atoms with Gasteiger partial charge in [-0.2, -0.15) is 0 Å². The third-order valence-electron chi connectivity index (χ3n) is 1.90. The van der Waals surface area contributed by atoms with Crippen molar-refractivity contribution in [2.75, 3.05) is 26.3 Å². The van der Waals surface area contributed by atoms with E-state index in [0.29, 0.717) is 28.8 Å². The predicted octanol–water partition coefficient (Wildman–Crippen LogP) is 2.28. The molecule has 1 aromatic carbocycles. The number of hydrogen-bond acceptors (Lipinski definition) is 4. The highest BCUT2D eigenvalue weighted by atomic mass is 35.5. The monoisotopic (exact) mass is 277 g/mol. The Labute approximate surface area is 109 Å². The van der Waals surface area contributed by atoms with Crippen molar-refractivity contribution in [3.63, 3.8) is 0 Å². The quantitative estimate of drug-likeness (QED) is 0.619. The average Bonchev–Trinajstić information content (AvgIpc) is 2.30. The molecule has 0 aliphatic rings. The molecule has 94 valence electrons. The summed E-state index contributed by atoms with van der Waals surface area (Å²) in [4.78, 5) is 0. The summed E-state index contributed by atoms with van der Waals surface area (Å²) in [7, 11) is 0. The van der Waals surface area contributed by atoms with Gasteiger partial charge in [0.2, 0.25) is 0 Å². The first-order chi connectivity index (χ1) is 8.17. The van der Waals surface area contributed by atoms with Gasteiger partial charge in [0.15, 0.2) is 0 Å². The zero-order valence-corrected chi connectivity index (χ0v) is 10.6. The van der Waals surface area contributed by atoms with E-state index in [4.69, 9.17) is 33.4 Å². The minimum absolute atomic E-state index is 0.0672. The summed E-state index contributed by atoms with van der Waals surface area (Å²) < 4.78 is 0. The molecule has 0 radical (unpaired) electrons. The van der Waals surface area contributed by atoms with Gasteiger partial charge in [-0.1, -0.05) is 28.4 Å². The second kappa shape index (κ2) is 7.45. The Morgan fingerprint density at radius 3 is 2.35 bits per heavy atom. The first-order valence-corrected chi connectivity index (χ1v) is 5.76. The van der Waals surface area contributed by atoms with E-state index in [2.05, 4.69) is 10.3 Å². The van der Waals surface area contributed by atoms with E-state index >= 15 is 0 Å². The fourth-order valence-corrected chi connectivity index (χ4v) is 1.43. The van der Waals surface area contributed by atoms with Crippen molar-refractivity contribution >= 4 is 28.9 Å². The molecular weight excluding hydrogens is 265 g/mol. The Hall–Kier alpha value is -0.880. The smallest absolute Gasteiger partial charge is 0.107 e. The Kier molecular flexibility index (Phi) is 6.21. The van der Waals surface area contributed by atoms with Gasteiger partial charge >= 0.3 is 0 Å². The SMILES string of the molecule is OCCN(CCO)N=Nc1cc(Cl)ccc1Cl. The van der Waals surface area contributed by atoms with Crippen LogP contribution in [0.1, 0.15) is 0 Å². The lowest BCUT2D eigenvalue weighted by atomic mass is 10.3. The lowest BCUT2D eigenvalue weighted by molar-refractivity contribution is 0.158. The summed E-state index contributed by atoms with van der Waals surface area (Å²) in [5.41, 5.74) is 0.444. The van der Waals surface area contributed by atoms with Crippen LogP contribution in [0.4, 0.5) is 5.69 Å². The molecule has 0 bridgehead atoms. The molecule has 17 heavy (non-hydrogen) atoms. The Balaban J connectivity index is 2.76. The summed E-state index contributed by atoms with van der Waals surface area (Å²) in [6.45, 7) is 0.453. The molecule has 7 heteroatoms. The van der Waals surface area contributed by atoms with Gasteiger partial charge in [0.25, 0.3) is 0 Å². The van der Waals surface area contributed by atoms with Crippen LogP contribution in [-0.2, 0) is 0 Å². The van der Waals surface area contributed by atoms with Crippen LogP contribution in [0.5, 0.6) is 0 Å². The number of rotatable bonds is 6. The minimum atomic E-state index is -0.0672. The first kappa shape index (κ1) is 14.2. The van der Waals surface area contributed by atoms with Gasteiger partial charge in [-0.3, -0.25) is 5.01 Å². The highest BCUT2D eigenvalue weighted by molar-refractivity contribution is 6.35. The number of aliphatic hydroxyl groups is 2. The van der Waals surface area contributed by atoms with E-state index in [-0.39, 0.29) is 13.2 Å². The van der Waals surface area contributed by atoms with Gasteiger partial charge < -0.3 is 10.2 Å². The maximum Gasteiger partial charge on any atom is 0.107 e. The van der Waals surface area contributed by atoms with Crippen molar-refractivity contribution < 1.29 is 10.2 Å². The summed E-state index contributed by atoms with van der Waals surface area (Å²) in [5, 5.41) is 27.8. The molecule has 0 unspecified atom stereocenters. The summed E-state index contributed by atoms with van der Waals surface area (Å²) in [6.07, 6.45) is 0. The number of nitrogens with zero attached hydrogens (tertiary/aromatic N) is 3. The summed E-state index contributed by atoms with van der Waals surface area (Å²) >= 11 is 11.7. The van der Waals surface area contributed by atoms with Gasteiger partial charge in [-0.25, -0.2) is 0 Å². The number of benzene rings is 1. The van der Waals surface area contributed by atoms with Crippen molar-refractivity contribution in [2.45, 2.75) is 0 Å². The van der Waals surface area contributed by atoms with Crippen molar-refractivity contribution in [3.05, 3.63) is 28.2 Å². The number of aliphatic hydroxyl groups excluding tert-OH is 2. The Morgan fingerprint density at radius 2 is 1.76 bits per heavy atom. The molecule has 5 nitrogen and oxygen atoms in total. The van der Waals surface area contributed by atoms with Crippen molar-refractivity contribution in [2.24, 2.45) is 10.3 Å². The second-order valence-electron chi connectivity index (χ2n) is 3.19. The highest BCUT2D eigenvalue weighted by Gasteiger charge is 2.02. The van der Waals surface area contributed by atoms with Gasteiger partial charge in [0, 0.05) is 5.02 Å². The summed E-state index contributed by atoms with van der Waals surface area (Å²) in [6, 6.07) is 4.87. The van der Waals surface area contributed by atoms with Crippen LogP contribution in [-0.4, -0.2) is 41.5 Å². The third-order valence-corrected chi connectivity index (χ3v) is 2.46. The number of hydrogen-bond donors (Lipinski definition) is 2. The molecule has 0 atom stereocenters. The minimum Gasteiger partial charge on any atom is -0.394 e. The third kappa shape index (κ3) is 4.87.